The van der Waals surface area contributed by atoms with Crippen LogP contribution in [0.5, 0.6) is 5.75 Å². The van der Waals surface area contributed by atoms with E-state index in [-0.39, 0.29) is 23.3 Å². The molecular formula is C35H44ClN3O5S2. The van der Waals surface area contributed by atoms with Crippen LogP contribution in [0, 0.1) is 17.8 Å². The van der Waals surface area contributed by atoms with E-state index in [2.05, 4.69) is 14.6 Å². The van der Waals surface area contributed by atoms with Gasteiger partial charge in [-0.15, -0.1) is 11.3 Å². The monoisotopic (exact) mass is 685 g/mol. The van der Waals surface area contributed by atoms with Gasteiger partial charge in [-0.3, -0.25) is 4.79 Å². The molecule has 11 heteroatoms. The number of benzene rings is 2. The van der Waals surface area contributed by atoms with Crippen molar-refractivity contribution in [2.45, 2.75) is 89.1 Å². The Labute approximate surface area is 281 Å². The normalized spacial score (nSPS) is 28.8. The lowest BCUT2D eigenvalue weighted by Gasteiger charge is -2.49. The zero-order valence-electron chi connectivity index (χ0n) is 26.6. The van der Waals surface area contributed by atoms with Crippen molar-refractivity contribution in [3.05, 3.63) is 74.7 Å². The molecule has 3 aliphatic rings. The van der Waals surface area contributed by atoms with Crippen LogP contribution < -0.4 is 14.4 Å². The predicted molar refractivity (Wildman–Crippen MR) is 183 cm³/mol. The number of aliphatic hydroxyl groups is 1. The summed E-state index contributed by atoms with van der Waals surface area (Å²) in [7, 11) is -3.94. The van der Waals surface area contributed by atoms with Gasteiger partial charge in [0, 0.05) is 41.7 Å². The lowest BCUT2D eigenvalue weighted by atomic mass is 9.62. The second-order valence-electron chi connectivity index (χ2n) is 13.5. The number of hydrogen-bond acceptors (Lipinski definition) is 8. The minimum atomic E-state index is -3.94. The van der Waals surface area contributed by atoms with Crippen molar-refractivity contribution in [2.75, 3.05) is 18.0 Å². The summed E-state index contributed by atoms with van der Waals surface area (Å²) < 4.78 is 35.6. The first-order chi connectivity index (χ1) is 22.0. The Morgan fingerprint density at radius 1 is 1.11 bits per heavy atom. The Morgan fingerprint density at radius 2 is 1.96 bits per heavy atom. The number of fused-ring (bicyclic) bond motifs is 3. The van der Waals surface area contributed by atoms with Gasteiger partial charge < -0.3 is 14.7 Å². The van der Waals surface area contributed by atoms with E-state index >= 15 is 0 Å². The van der Waals surface area contributed by atoms with Gasteiger partial charge >= 0.3 is 0 Å². The van der Waals surface area contributed by atoms with Crippen molar-refractivity contribution in [2.24, 2.45) is 17.8 Å². The van der Waals surface area contributed by atoms with Crippen LogP contribution in [0.2, 0.25) is 5.02 Å². The highest BCUT2D eigenvalue weighted by atomic mass is 35.5. The lowest BCUT2D eigenvalue weighted by Crippen LogP contribution is -2.52. The number of nitrogens with zero attached hydrogens (tertiary/aromatic N) is 2. The van der Waals surface area contributed by atoms with Crippen LogP contribution >= 0.6 is 22.9 Å². The van der Waals surface area contributed by atoms with Gasteiger partial charge in [0.05, 0.1) is 21.5 Å². The van der Waals surface area contributed by atoms with Crippen LogP contribution in [0.15, 0.2) is 48.0 Å². The fourth-order valence-corrected chi connectivity index (χ4v) is 9.65. The molecule has 1 fully saturated rings. The molecule has 3 heterocycles. The molecular weight excluding hydrogens is 642 g/mol. The molecule has 2 aromatic carbocycles. The second-order valence-corrected chi connectivity index (χ2v) is 16.9. The fourth-order valence-electron chi connectivity index (χ4n) is 7.42. The first-order valence-electron chi connectivity index (χ1n) is 16.5. The van der Waals surface area contributed by atoms with Gasteiger partial charge in [-0.05, 0) is 111 Å². The molecule has 2 bridgehead atoms. The summed E-state index contributed by atoms with van der Waals surface area (Å²) in [6.07, 6.45) is 8.85. The van der Waals surface area contributed by atoms with Crippen LogP contribution in [0.1, 0.15) is 85.3 Å². The molecule has 6 rings (SSSR count). The number of halogens is 1. The molecule has 1 aromatic heterocycles. The van der Waals surface area contributed by atoms with Gasteiger partial charge in [0.15, 0.2) is 0 Å². The van der Waals surface area contributed by atoms with Crippen LogP contribution in [0.3, 0.4) is 0 Å². The summed E-state index contributed by atoms with van der Waals surface area (Å²) in [5.41, 5.74) is 2.34. The Hall–Kier alpha value is -2.66. The molecule has 3 aromatic rings. The molecule has 1 saturated carbocycles. The molecule has 2 aliphatic heterocycles. The Balaban J connectivity index is 1.39. The van der Waals surface area contributed by atoms with E-state index in [0.29, 0.717) is 49.6 Å². The fraction of sp³-hybridized carbons (Fsp3) is 0.543. The number of sulfonamides is 1. The summed E-state index contributed by atoms with van der Waals surface area (Å²) in [4.78, 5) is 20.3. The molecule has 0 radical (unpaired) electrons. The molecule has 8 nitrogen and oxygen atoms in total. The molecule has 0 unspecified atom stereocenters. The van der Waals surface area contributed by atoms with Gasteiger partial charge in [-0.1, -0.05) is 31.0 Å². The second kappa shape index (κ2) is 13.8. The van der Waals surface area contributed by atoms with Crippen molar-refractivity contribution in [3.63, 3.8) is 0 Å². The van der Waals surface area contributed by atoms with E-state index in [1.807, 2.05) is 30.5 Å². The topological polar surface area (TPSA) is 109 Å². The van der Waals surface area contributed by atoms with Gasteiger partial charge in [0.2, 0.25) is 10.0 Å². The number of carbonyl (C=O) groups is 1. The number of hydrogen-bond donors (Lipinski definition) is 2. The van der Waals surface area contributed by atoms with Crippen molar-refractivity contribution in [3.8, 4) is 5.75 Å². The van der Waals surface area contributed by atoms with Crippen molar-refractivity contribution >= 4 is 44.6 Å². The number of thiazole rings is 1. The van der Waals surface area contributed by atoms with Crippen molar-refractivity contribution in [1.29, 1.82) is 0 Å². The molecule has 1 aliphatic carbocycles. The largest absolute Gasteiger partial charge is 0.487 e. The van der Waals surface area contributed by atoms with Gasteiger partial charge in [-0.25, -0.2) is 18.1 Å². The number of carbonyl (C=O) groups excluding carboxylic acids is 1. The smallest absolute Gasteiger partial charge is 0.264 e. The molecule has 0 saturated heterocycles. The summed E-state index contributed by atoms with van der Waals surface area (Å²) >= 11 is 7.92. The Morgan fingerprint density at radius 3 is 2.72 bits per heavy atom. The molecule has 46 heavy (non-hydrogen) atoms. The summed E-state index contributed by atoms with van der Waals surface area (Å²) in [5, 5.41) is 15.2. The molecule has 1 amide bonds. The summed E-state index contributed by atoms with van der Waals surface area (Å²) in [6.45, 7) is 5.35. The third-order valence-corrected chi connectivity index (χ3v) is 13.5. The number of amides is 1. The minimum Gasteiger partial charge on any atom is -0.487 e. The number of ether oxygens (including phenoxy) is 1. The maximum Gasteiger partial charge on any atom is 0.264 e. The minimum absolute atomic E-state index is 0.0844. The average Bonchev–Trinajstić information content (AvgIpc) is 3.50. The van der Waals surface area contributed by atoms with Crippen LogP contribution in [0.25, 0.3) is 0 Å². The van der Waals surface area contributed by atoms with Gasteiger partial charge in [0.25, 0.3) is 5.91 Å². The first kappa shape index (κ1) is 33.2. The number of rotatable bonds is 2. The zero-order chi connectivity index (χ0) is 32.5. The third-order valence-electron chi connectivity index (χ3n) is 10.5. The lowest BCUT2D eigenvalue weighted by molar-refractivity contribution is -0.0880. The van der Waals surface area contributed by atoms with Crippen LogP contribution in [0.4, 0.5) is 5.69 Å². The Bertz CT molecular complexity index is 1650. The van der Waals surface area contributed by atoms with E-state index < -0.39 is 26.8 Å². The Kier molecular flexibility index (Phi) is 9.99. The van der Waals surface area contributed by atoms with E-state index in [0.717, 1.165) is 54.9 Å². The van der Waals surface area contributed by atoms with Crippen LogP contribution in [-0.2, 0) is 29.5 Å². The average molecular weight is 686 g/mol. The van der Waals surface area contributed by atoms with E-state index in [4.69, 9.17) is 16.3 Å². The number of anilines is 1. The third kappa shape index (κ3) is 7.25. The predicted octanol–water partition coefficient (Wildman–Crippen LogP) is 6.79. The molecule has 0 spiro atoms. The number of aryl methyl sites for hydroxylation is 1. The maximum absolute atomic E-state index is 13.5. The van der Waals surface area contributed by atoms with E-state index in [1.54, 1.807) is 42.7 Å². The SMILES string of the molecule is C[C@@H]1[C@@H](C)CCC[C@](O)(Cc2nccs2)[C@@H]2CC[C@H]2CN2CCCCc3cc(Cl)ccc3COc3ccc(cc32)C(=O)NS1(=O)=O. The maximum atomic E-state index is 13.5. The highest BCUT2D eigenvalue weighted by molar-refractivity contribution is 7.90. The van der Waals surface area contributed by atoms with Crippen LogP contribution in [-0.4, -0.2) is 48.4 Å². The zero-order valence-corrected chi connectivity index (χ0v) is 29.0. The quantitative estimate of drug-likeness (QED) is 0.306. The van der Waals surface area contributed by atoms with Crippen molar-refractivity contribution in [1.82, 2.24) is 9.71 Å². The molecule has 2 N–H and O–H groups in total. The van der Waals surface area contributed by atoms with E-state index in [1.165, 1.54) is 5.56 Å². The summed E-state index contributed by atoms with van der Waals surface area (Å²) in [5.74, 6) is 0.137. The van der Waals surface area contributed by atoms with Gasteiger partial charge in [0.1, 0.15) is 12.4 Å². The highest BCUT2D eigenvalue weighted by Gasteiger charge is 2.47. The molecule has 248 valence electrons. The standard InChI is InChI=1S/C35H44ClN3O5S2/c1-23-6-5-14-35(41,20-33-37-15-17-45-33)30-12-9-27(30)21-39-16-4-3-7-25-18-29(36)11-8-28(25)22-44-32-13-10-26(19-31(32)39)34(40)38-46(42,43)24(23)2/h8,10-11,13,15,17-19,23-24,27,30,41H,3-7,9,12,14,16,20-22H2,1-2H3,(H,38,40)/t23-,24+,27-,30+,35-/m0/s1. The number of aromatic nitrogens is 1. The molecule has 5 atom stereocenters. The highest BCUT2D eigenvalue weighted by Crippen LogP contribution is 2.47. The van der Waals surface area contributed by atoms with Crippen molar-refractivity contribution < 1.29 is 23.1 Å². The van der Waals surface area contributed by atoms with E-state index in [9.17, 15) is 18.3 Å². The summed E-state index contributed by atoms with van der Waals surface area (Å²) in [6, 6.07) is 11.1. The van der Waals surface area contributed by atoms with Gasteiger partial charge in [-0.2, -0.15) is 0 Å². The first-order valence-corrected chi connectivity index (χ1v) is 19.3. The number of nitrogens with one attached hydrogen (secondary N) is 1.